The lowest BCUT2D eigenvalue weighted by molar-refractivity contribution is 0.614. The number of rotatable bonds is 4. The minimum Gasteiger partial charge on any atom is -0.288 e. The van der Waals surface area contributed by atoms with Crippen molar-refractivity contribution in [2.24, 2.45) is 0 Å². The lowest BCUT2D eigenvalue weighted by atomic mass is 10.2. The number of benzene rings is 2. The van der Waals surface area contributed by atoms with Gasteiger partial charge in [0.2, 0.25) is 5.43 Å². The van der Waals surface area contributed by atoms with E-state index < -0.39 is 5.82 Å². The molecule has 1 N–H and O–H groups in total. The van der Waals surface area contributed by atoms with Crippen LogP contribution in [0.15, 0.2) is 65.6 Å². The predicted octanol–water partition coefficient (Wildman–Crippen LogP) is 3.86. The minimum absolute atomic E-state index is 0.0781. The molecule has 0 fully saturated rings. The summed E-state index contributed by atoms with van der Waals surface area (Å²) in [6, 6.07) is 14.7. The maximum absolute atomic E-state index is 14.2. The molecule has 0 aliphatic rings. The van der Waals surface area contributed by atoms with E-state index in [0.717, 1.165) is 5.69 Å². The zero-order valence-electron chi connectivity index (χ0n) is 14.3. The molecule has 140 valence electrons. The Bertz CT molecular complexity index is 1260. The Hall–Kier alpha value is -3.10. The van der Waals surface area contributed by atoms with Gasteiger partial charge in [-0.15, -0.1) is 0 Å². The maximum atomic E-state index is 14.2. The van der Waals surface area contributed by atoms with Crippen LogP contribution in [-0.2, 0) is 6.42 Å². The molecule has 2 aromatic heterocycles. The average molecular weight is 414 g/mol. The molecule has 0 aliphatic carbocycles. The summed E-state index contributed by atoms with van der Waals surface area (Å²) in [5, 5.41) is 11.8. The summed E-state index contributed by atoms with van der Waals surface area (Å²) in [7, 11) is 0. The van der Waals surface area contributed by atoms with Crippen molar-refractivity contribution in [2.45, 2.75) is 6.42 Å². The summed E-state index contributed by atoms with van der Waals surface area (Å²) in [6.45, 7) is 0. The lowest BCUT2D eigenvalue weighted by Crippen LogP contribution is -2.18. The number of aromatic amines is 1. The van der Waals surface area contributed by atoms with Gasteiger partial charge in [-0.05, 0) is 48.6 Å². The molecule has 0 saturated carbocycles. The summed E-state index contributed by atoms with van der Waals surface area (Å²) in [5.41, 5.74) is 1.01. The fourth-order valence-electron chi connectivity index (χ4n) is 2.79. The van der Waals surface area contributed by atoms with Gasteiger partial charge in [-0.3, -0.25) is 14.5 Å². The molecule has 2 aromatic carbocycles. The summed E-state index contributed by atoms with van der Waals surface area (Å²) >= 11 is 11.2. The molecule has 0 bridgehead atoms. The van der Waals surface area contributed by atoms with E-state index in [2.05, 4.69) is 15.3 Å². The van der Waals surface area contributed by atoms with E-state index >= 15 is 0 Å². The van der Waals surface area contributed by atoms with Crippen LogP contribution in [0, 0.1) is 10.6 Å². The zero-order chi connectivity index (χ0) is 19.7. The highest BCUT2D eigenvalue weighted by molar-refractivity contribution is 7.71. The molecule has 0 atom stereocenters. The number of hydrogen-bond donors (Lipinski definition) is 1. The second kappa shape index (κ2) is 7.49. The van der Waals surface area contributed by atoms with Crippen LogP contribution in [-0.4, -0.2) is 24.5 Å². The molecule has 4 rings (SSSR count). The summed E-state index contributed by atoms with van der Waals surface area (Å²) in [6.07, 6.45) is 1.65. The van der Waals surface area contributed by atoms with Crippen LogP contribution >= 0.6 is 23.8 Å². The summed E-state index contributed by atoms with van der Waals surface area (Å²) < 4.78 is 17.5. The first-order valence-corrected chi connectivity index (χ1v) is 9.07. The minimum atomic E-state index is -0.444. The highest BCUT2D eigenvalue weighted by atomic mass is 35.5. The van der Waals surface area contributed by atoms with Gasteiger partial charge in [-0.1, -0.05) is 23.7 Å². The molecule has 0 saturated heterocycles. The van der Waals surface area contributed by atoms with Gasteiger partial charge in [-0.2, -0.15) is 10.2 Å². The highest BCUT2D eigenvalue weighted by Crippen LogP contribution is 2.17. The first-order valence-electron chi connectivity index (χ1n) is 8.29. The van der Waals surface area contributed by atoms with Gasteiger partial charge < -0.3 is 0 Å². The van der Waals surface area contributed by atoms with Gasteiger partial charge in [-0.25, -0.2) is 9.07 Å². The molecular weight excluding hydrogens is 401 g/mol. The van der Waals surface area contributed by atoms with Crippen molar-refractivity contribution in [1.29, 1.82) is 0 Å². The number of nitrogens with zero attached hydrogens (tertiary/aromatic N) is 4. The summed E-state index contributed by atoms with van der Waals surface area (Å²) in [5.74, 6) is -0.0607. The molecule has 0 spiro atoms. The van der Waals surface area contributed by atoms with Crippen LogP contribution in [0.1, 0.15) is 11.5 Å². The maximum Gasteiger partial charge on any atom is 0.203 e. The molecule has 0 radical (unpaired) electrons. The van der Waals surface area contributed by atoms with E-state index in [1.807, 2.05) is 0 Å². The Morgan fingerprint density at radius 1 is 1.11 bits per heavy atom. The van der Waals surface area contributed by atoms with Crippen molar-refractivity contribution in [3.05, 3.63) is 98.1 Å². The van der Waals surface area contributed by atoms with E-state index in [0.29, 0.717) is 10.8 Å². The van der Waals surface area contributed by atoms with Gasteiger partial charge >= 0.3 is 0 Å². The molecule has 6 nitrogen and oxygen atoms in total. The normalized spacial score (nSPS) is 10.9. The number of para-hydroxylation sites is 1. The van der Waals surface area contributed by atoms with E-state index in [-0.39, 0.29) is 28.0 Å². The average Bonchev–Trinajstić information content (AvgIpc) is 3.05. The Labute approximate surface area is 168 Å². The van der Waals surface area contributed by atoms with Gasteiger partial charge in [0, 0.05) is 17.3 Å². The molecule has 0 amide bonds. The first kappa shape index (κ1) is 18.3. The quantitative estimate of drug-likeness (QED) is 0.516. The van der Waals surface area contributed by atoms with Crippen molar-refractivity contribution in [3.63, 3.8) is 0 Å². The summed E-state index contributed by atoms with van der Waals surface area (Å²) in [4.78, 5) is 12.3. The second-order valence-corrected chi connectivity index (χ2v) is 6.78. The third-order valence-corrected chi connectivity index (χ3v) is 4.66. The molecule has 0 unspecified atom stereocenters. The van der Waals surface area contributed by atoms with E-state index in [1.165, 1.54) is 16.7 Å². The number of H-pyrrole nitrogens is 1. The van der Waals surface area contributed by atoms with Crippen molar-refractivity contribution in [2.75, 3.05) is 0 Å². The van der Waals surface area contributed by atoms with Crippen molar-refractivity contribution >= 4 is 23.8 Å². The fraction of sp³-hybridized carbons (Fsp3) is 0.0526. The lowest BCUT2D eigenvalue weighted by Gasteiger charge is -2.09. The van der Waals surface area contributed by atoms with Gasteiger partial charge in [0.25, 0.3) is 0 Å². The van der Waals surface area contributed by atoms with Crippen LogP contribution in [0.2, 0.25) is 5.02 Å². The molecule has 28 heavy (non-hydrogen) atoms. The van der Waals surface area contributed by atoms with Crippen LogP contribution in [0.25, 0.3) is 11.4 Å². The van der Waals surface area contributed by atoms with Gasteiger partial charge in [0.15, 0.2) is 4.77 Å². The second-order valence-electron chi connectivity index (χ2n) is 5.96. The van der Waals surface area contributed by atoms with Gasteiger partial charge in [0.1, 0.15) is 17.3 Å². The third kappa shape index (κ3) is 3.51. The van der Waals surface area contributed by atoms with E-state index in [9.17, 15) is 9.18 Å². The topological polar surface area (TPSA) is 68.5 Å². The largest absolute Gasteiger partial charge is 0.288 e. The predicted molar refractivity (Wildman–Crippen MR) is 106 cm³/mol. The van der Waals surface area contributed by atoms with Crippen LogP contribution in [0.5, 0.6) is 0 Å². The van der Waals surface area contributed by atoms with Crippen molar-refractivity contribution < 1.29 is 4.39 Å². The smallest absolute Gasteiger partial charge is 0.203 e. The van der Waals surface area contributed by atoms with Crippen LogP contribution in [0.3, 0.4) is 0 Å². The first-order chi connectivity index (χ1) is 13.5. The van der Waals surface area contributed by atoms with Crippen molar-refractivity contribution in [3.8, 4) is 11.4 Å². The number of nitrogens with one attached hydrogen (secondary N) is 1. The zero-order valence-corrected chi connectivity index (χ0v) is 15.9. The Kier molecular flexibility index (Phi) is 4.89. The molecular formula is C19H13ClFN5OS. The number of hydrogen-bond acceptors (Lipinski definition) is 4. The number of aromatic nitrogens is 5. The third-order valence-electron chi connectivity index (χ3n) is 4.13. The van der Waals surface area contributed by atoms with Gasteiger partial charge in [0.05, 0.1) is 17.8 Å². The standard InChI is InChI=1S/C19H13ClFN5OS/c20-12-5-7-13(8-6-12)25-10-9-17(27)15(24-25)11-18-22-23-19(28)26(18)16-4-2-1-3-14(16)21/h1-10H,11H2,(H,23,28). The molecule has 2 heterocycles. The molecule has 4 aromatic rings. The Morgan fingerprint density at radius 3 is 2.61 bits per heavy atom. The number of halogens is 2. The molecule has 9 heteroatoms. The molecule has 0 aliphatic heterocycles. The Morgan fingerprint density at radius 2 is 1.86 bits per heavy atom. The highest BCUT2D eigenvalue weighted by Gasteiger charge is 2.15. The SMILES string of the molecule is O=c1ccn(-c2ccc(Cl)cc2)nc1Cc1n[nH]c(=S)n1-c1ccccc1F. The van der Waals surface area contributed by atoms with E-state index in [1.54, 1.807) is 53.3 Å². The fourth-order valence-corrected chi connectivity index (χ4v) is 3.16. The van der Waals surface area contributed by atoms with Crippen LogP contribution in [0.4, 0.5) is 4.39 Å². The Balaban J connectivity index is 1.76. The van der Waals surface area contributed by atoms with E-state index in [4.69, 9.17) is 23.8 Å². The van der Waals surface area contributed by atoms with Crippen LogP contribution < -0.4 is 5.43 Å². The monoisotopic (exact) mass is 413 g/mol. The van der Waals surface area contributed by atoms with Crippen molar-refractivity contribution in [1.82, 2.24) is 24.5 Å².